The Balaban J connectivity index is 1.64. The zero-order valence-electron chi connectivity index (χ0n) is 16.5. The SMILES string of the molecule is CC1C=CC(C2=CCCC=C2)c2ccc3c(c2C1)NCC=C3c1ccccc1. The summed E-state index contributed by atoms with van der Waals surface area (Å²) in [5, 5.41) is 3.72. The van der Waals surface area contributed by atoms with Crippen molar-refractivity contribution in [2.45, 2.75) is 32.1 Å². The van der Waals surface area contributed by atoms with Gasteiger partial charge in [-0.3, -0.25) is 0 Å². The zero-order chi connectivity index (χ0) is 18.9. The maximum atomic E-state index is 3.72. The highest BCUT2D eigenvalue weighted by Crippen LogP contribution is 2.43. The van der Waals surface area contributed by atoms with Crippen LogP contribution in [0.1, 0.15) is 47.9 Å². The van der Waals surface area contributed by atoms with Crippen molar-refractivity contribution in [3.63, 3.8) is 0 Å². The van der Waals surface area contributed by atoms with Gasteiger partial charge < -0.3 is 5.32 Å². The van der Waals surface area contributed by atoms with E-state index in [9.17, 15) is 0 Å². The second-order valence-corrected chi connectivity index (χ2v) is 8.15. The molecule has 0 spiro atoms. The van der Waals surface area contributed by atoms with E-state index < -0.39 is 0 Å². The number of allylic oxidation sites excluding steroid dienone is 6. The number of rotatable bonds is 2. The van der Waals surface area contributed by atoms with Gasteiger partial charge in [0.2, 0.25) is 0 Å². The number of fused-ring (bicyclic) bond motifs is 3. The minimum atomic E-state index is 0.370. The molecule has 2 unspecified atom stereocenters. The molecule has 0 amide bonds. The van der Waals surface area contributed by atoms with Crippen molar-refractivity contribution in [1.82, 2.24) is 0 Å². The van der Waals surface area contributed by atoms with Crippen LogP contribution in [-0.4, -0.2) is 6.54 Å². The van der Waals surface area contributed by atoms with Gasteiger partial charge in [-0.25, -0.2) is 0 Å². The highest BCUT2D eigenvalue weighted by Gasteiger charge is 2.26. The van der Waals surface area contributed by atoms with Crippen LogP contribution in [0.4, 0.5) is 5.69 Å². The van der Waals surface area contributed by atoms with E-state index in [-0.39, 0.29) is 0 Å². The standard InChI is InChI=1S/C27H27N/c1-19-12-13-22(20-8-4-2-5-9-20)24-14-15-25-23(21-10-6-3-7-11-21)16-17-28-27(25)26(24)18-19/h3-4,6-16,19,22,28H,2,5,17-18H2,1H3. The van der Waals surface area contributed by atoms with Crippen molar-refractivity contribution in [2.24, 2.45) is 5.92 Å². The van der Waals surface area contributed by atoms with Crippen LogP contribution in [0.2, 0.25) is 0 Å². The molecular weight excluding hydrogens is 338 g/mol. The predicted molar refractivity (Wildman–Crippen MR) is 120 cm³/mol. The first-order valence-electron chi connectivity index (χ1n) is 10.5. The number of hydrogen-bond acceptors (Lipinski definition) is 1. The third kappa shape index (κ3) is 3.05. The van der Waals surface area contributed by atoms with Crippen molar-refractivity contribution < 1.29 is 0 Å². The van der Waals surface area contributed by atoms with Gasteiger partial charge in [0.25, 0.3) is 0 Å². The minimum Gasteiger partial charge on any atom is -0.381 e. The van der Waals surface area contributed by atoms with Crippen molar-refractivity contribution in [1.29, 1.82) is 0 Å². The average Bonchev–Trinajstić information content (AvgIpc) is 2.93. The van der Waals surface area contributed by atoms with E-state index in [0.29, 0.717) is 11.8 Å². The summed E-state index contributed by atoms with van der Waals surface area (Å²) < 4.78 is 0. The lowest BCUT2D eigenvalue weighted by molar-refractivity contribution is 0.727. The molecule has 1 aliphatic heterocycles. The summed E-state index contributed by atoms with van der Waals surface area (Å²) in [6.07, 6.45) is 17.7. The van der Waals surface area contributed by atoms with Gasteiger partial charge in [0.15, 0.2) is 0 Å². The quantitative estimate of drug-likeness (QED) is 0.587. The van der Waals surface area contributed by atoms with Crippen LogP contribution in [0, 0.1) is 5.92 Å². The molecule has 0 saturated heterocycles. The third-order valence-electron chi connectivity index (χ3n) is 6.19. The largest absolute Gasteiger partial charge is 0.381 e. The Labute approximate surface area is 168 Å². The molecule has 2 aromatic rings. The van der Waals surface area contributed by atoms with Gasteiger partial charge in [0, 0.05) is 23.7 Å². The summed E-state index contributed by atoms with van der Waals surface area (Å²) in [6, 6.07) is 15.5. The first-order valence-corrected chi connectivity index (χ1v) is 10.5. The molecule has 5 rings (SSSR count). The van der Waals surface area contributed by atoms with Gasteiger partial charge in [-0.2, -0.15) is 0 Å². The van der Waals surface area contributed by atoms with Gasteiger partial charge in [0.1, 0.15) is 0 Å². The number of anilines is 1. The minimum absolute atomic E-state index is 0.370. The van der Waals surface area contributed by atoms with Crippen molar-refractivity contribution in [3.8, 4) is 0 Å². The van der Waals surface area contributed by atoms with Crippen LogP contribution in [0.5, 0.6) is 0 Å². The topological polar surface area (TPSA) is 12.0 Å². The highest BCUT2D eigenvalue weighted by atomic mass is 14.9. The Morgan fingerprint density at radius 1 is 0.929 bits per heavy atom. The molecule has 140 valence electrons. The molecule has 1 nitrogen and oxygen atoms in total. The number of benzene rings is 2. The molecular formula is C27H27N. The van der Waals surface area contributed by atoms with Gasteiger partial charge >= 0.3 is 0 Å². The lowest BCUT2D eigenvalue weighted by atomic mass is 9.82. The molecule has 2 atom stereocenters. The molecule has 0 bridgehead atoms. The molecule has 0 radical (unpaired) electrons. The Bertz CT molecular complexity index is 1000. The Hall–Kier alpha value is -2.80. The van der Waals surface area contributed by atoms with Gasteiger partial charge in [-0.1, -0.05) is 85.8 Å². The van der Waals surface area contributed by atoms with E-state index in [1.807, 2.05) is 0 Å². The van der Waals surface area contributed by atoms with E-state index in [0.717, 1.165) is 19.4 Å². The second-order valence-electron chi connectivity index (χ2n) is 8.15. The molecule has 0 saturated carbocycles. The van der Waals surface area contributed by atoms with Crippen LogP contribution in [0.25, 0.3) is 5.57 Å². The Morgan fingerprint density at radius 2 is 1.82 bits per heavy atom. The molecule has 2 aliphatic carbocycles. The Morgan fingerprint density at radius 3 is 2.64 bits per heavy atom. The van der Waals surface area contributed by atoms with Crippen LogP contribution >= 0.6 is 0 Å². The maximum absolute atomic E-state index is 3.72. The molecule has 28 heavy (non-hydrogen) atoms. The first kappa shape index (κ1) is 17.3. The van der Waals surface area contributed by atoms with Crippen LogP contribution in [0.3, 0.4) is 0 Å². The second kappa shape index (κ2) is 7.31. The normalized spacial score (nSPS) is 23.0. The Kier molecular flexibility index (Phi) is 4.52. The lowest BCUT2D eigenvalue weighted by Gasteiger charge is -2.27. The van der Waals surface area contributed by atoms with Gasteiger partial charge in [0.05, 0.1) is 0 Å². The molecule has 1 N–H and O–H groups in total. The van der Waals surface area contributed by atoms with Crippen molar-refractivity contribution in [2.75, 3.05) is 11.9 Å². The van der Waals surface area contributed by atoms with E-state index in [1.54, 1.807) is 0 Å². The predicted octanol–water partition coefficient (Wildman–Crippen LogP) is 6.65. The lowest BCUT2D eigenvalue weighted by Crippen LogP contribution is -2.14. The summed E-state index contributed by atoms with van der Waals surface area (Å²) in [7, 11) is 0. The van der Waals surface area contributed by atoms with Gasteiger partial charge in [-0.15, -0.1) is 0 Å². The van der Waals surface area contributed by atoms with E-state index >= 15 is 0 Å². The van der Waals surface area contributed by atoms with Crippen LogP contribution < -0.4 is 5.32 Å². The molecule has 3 aliphatic rings. The number of hydrogen-bond donors (Lipinski definition) is 1. The van der Waals surface area contributed by atoms with E-state index in [2.05, 4.69) is 91.2 Å². The van der Waals surface area contributed by atoms with Crippen LogP contribution in [0.15, 0.2) is 84.5 Å². The summed E-state index contributed by atoms with van der Waals surface area (Å²) in [5.41, 5.74) is 9.78. The molecule has 0 fully saturated rings. The van der Waals surface area contributed by atoms with Crippen LogP contribution in [-0.2, 0) is 6.42 Å². The molecule has 0 aromatic heterocycles. The fraction of sp³-hybridized carbons (Fsp3) is 0.259. The third-order valence-corrected chi connectivity index (χ3v) is 6.19. The fourth-order valence-electron chi connectivity index (χ4n) is 4.81. The summed E-state index contributed by atoms with van der Waals surface area (Å²) in [5.74, 6) is 0.922. The summed E-state index contributed by atoms with van der Waals surface area (Å²) in [6.45, 7) is 3.23. The average molecular weight is 366 g/mol. The monoisotopic (exact) mass is 365 g/mol. The first-order chi connectivity index (χ1) is 13.8. The highest BCUT2D eigenvalue weighted by molar-refractivity contribution is 5.90. The molecule has 2 aromatic carbocycles. The summed E-state index contributed by atoms with van der Waals surface area (Å²) in [4.78, 5) is 0. The molecule has 1 heteroatoms. The van der Waals surface area contributed by atoms with E-state index in [1.165, 1.54) is 45.5 Å². The van der Waals surface area contributed by atoms with Gasteiger partial charge in [-0.05, 0) is 53.0 Å². The zero-order valence-corrected chi connectivity index (χ0v) is 16.5. The molecule has 1 heterocycles. The smallest absolute Gasteiger partial charge is 0.0458 e. The van der Waals surface area contributed by atoms with E-state index in [4.69, 9.17) is 0 Å². The van der Waals surface area contributed by atoms with Crippen molar-refractivity contribution >= 4 is 11.3 Å². The van der Waals surface area contributed by atoms with Crippen molar-refractivity contribution in [3.05, 3.63) is 107 Å². The summed E-state index contributed by atoms with van der Waals surface area (Å²) >= 11 is 0. The fourth-order valence-corrected chi connectivity index (χ4v) is 4.81. The number of nitrogens with one attached hydrogen (secondary N) is 1. The maximum Gasteiger partial charge on any atom is 0.0458 e.